The molecule has 24 heavy (non-hydrogen) atoms. The maximum absolute atomic E-state index is 12.4. The van der Waals surface area contributed by atoms with E-state index in [9.17, 15) is 13.2 Å². The van der Waals surface area contributed by atoms with Crippen molar-refractivity contribution in [1.82, 2.24) is 0 Å². The summed E-state index contributed by atoms with van der Waals surface area (Å²) in [5.41, 5.74) is 3.01. The minimum atomic E-state index is -3.70. The van der Waals surface area contributed by atoms with Gasteiger partial charge in [0.15, 0.2) is 6.61 Å². The Bertz CT molecular complexity index is 859. The van der Waals surface area contributed by atoms with Crippen LogP contribution in [0.3, 0.4) is 0 Å². The van der Waals surface area contributed by atoms with Gasteiger partial charge in [0.25, 0.3) is 10.0 Å². The fourth-order valence-corrected chi connectivity index (χ4v) is 3.76. The molecular weight excluding hydrogens is 330 g/mol. The second kappa shape index (κ2) is 6.52. The minimum Gasteiger partial charge on any atom is -0.482 e. The van der Waals surface area contributed by atoms with Crippen LogP contribution in [0.15, 0.2) is 47.4 Å². The number of ether oxygens (including phenoxy) is 1. The molecule has 0 saturated carbocycles. The lowest BCUT2D eigenvalue weighted by Gasteiger charge is -2.10. The molecule has 0 unspecified atom stereocenters. The molecule has 0 spiro atoms. The first-order chi connectivity index (χ1) is 11.4. The number of carbonyl (C=O) groups is 1. The van der Waals surface area contributed by atoms with Gasteiger partial charge >= 0.3 is 5.97 Å². The van der Waals surface area contributed by atoms with Gasteiger partial charge in [0, 0.05) is 5.69 Å². The molecule has 2 aromatic carbocycles. The number of anilines is 1. The lowest BCUT2D eigenvalue weighted by Crippen LogP contribution is -2.13. The summed E-state index contributed by atoms with van der Waals surface area (Å²) in [6.45, 7) is -0.473. The molecule has 0 heterocycles. The predicted molar refractivity (Wildman–Crippen MR) is 88.8 cm³/mol. The van der Waals surface area contributed by atoms with Crippen molar-refractivity contribution < 1.29 is 23.1 Å². The molecule has 0 aromatic heterocycles. The third kappa shape index (κ3) is 3.68. The molecule has 2 aromatic rings. The largest absolute Gasteiger partial charge is 0.482 e. The molecular formula is C17H17NO5S. The maximum Gasteiger partial charge on any atom is 0.341 e. The van der Waals surface area contributed by atoms with Crippen LogP contribution in [0.4, 0.5) is 5.69 Å². The first-order valence-electron chi connectivity index (χ1n) is 7.53. The zero-order valence-electron chi connectivity index (χ0n) is 12.9. The van der Waals surface area contributed by atoms with E-state index in [2.05, 4.69) is 4.72 Å². The number of rotatable bonds is 6. The summed E-state index contributed by atoms with van der Waals surface area (Å²) >= 11 is 0. The number of benzene rings is 2. The van der Waals surface area contributed by atoms with E-state index in [1.165, 1.54) is 35.4 Å². The van der Waals surface area contributed by atoms with Crippen molar-refractivity contribution in [2.45, 2.75) is 24.2 Å². The summed E-state index contributed by atoms with van der Waals surface area (Å²) in [4.78, 5) is 10.5. The van der Waals surface area contributed by atoms with Crippen LogP contribution < -0.4 is 9.46 Å². The number of aliphatic carboxylic acids is 1. The van der Waals surface area contributed by atoms with Gasteiger partial charge in [-0.2, -0.15) is 0 Å². The number of hydrogen-bond donors (Lipinski definition) is 2. The lowest BCUT2D eigenvalue weighted by molar-refractivity contribution is -0.139. The first-order valence-corrected chi connectivity index (χ1v) is 9.02. The van der Waals surface area contributed by atoms with Crippen LogP contribution in [0.2, 0.25) is 0 Å². The Morgan fingerprint density at radius 1 is 1.08 bits per heavy atom. The number of carboxylic acid groups (broad SMARTS) is 1. The highest BCUT2D eigenvalue weighted by Gasteiger charge is 2.16. The summed E-state index contributed by atoms with van der Waals surface area (Å²) in [6.07, 6.45) is 3.12. The van der Waals surface area contributed by atoms with Crippen LogP contribution in [-0.2, 0) is 27.7 Å². The van der Waals surface area contributed by atoms with Crippen molar-refractivity contribution in [2.75, 3.05) is 11.3 Å². The second-order valence-corrected chi connectivity index (χ2v) is 7.28. The van der Waals surface area contributed by atoms with Crippen LogP contribution in [-0.4, -0.2) is 26.1 Å². The number of fused-ring (bicyclic) bond motifs is 1. The van der Waals surface area contributed by atoms with E-state index < -0.39 is 22.6 Å². The van der Waals surface area contributed by atoms with Gasteiger partial charge in [-0.05, 0) is 66.8 Å². The van der Waals surface area contributed by atoms with Crippen molar-refractivity contribution in [1.29, 1.82) is 0 Å². The first kappa shape index (κ1) is 16.3. The van der Waals surface area contributed by atoms with E-state index in [0.717, 1.165) is 19.3 Å². The molecule has 0 bridgehead atoms. The number of hydrogen-bond acceptors (Lipinski definition) is 4. The van der Waals surface area contributed by atoms with Gasteiger partial charge in [-0.15, -0.1) is 0 Å². The molecule has 0 aliphatic heterocycles. The van der Waals surface area contributed by atoms with Gasteiger partial charge in [0.05, 0.1) is 4.90 Å². The van der Waals surface area contributed by atoms with Gasteiger partial charge < -0.3 is 9.84 Å². The number of carboxylic acids is 1. The number of nitrogens with one attached hydrogen (secondary N) is 1. The molecule has 0 radical (unpaired) electrons. The Morgan fingerprint density at radius 3 is 2.50 bits per heavy atom. The van der Waals surface area contributed by atoms with Crippen LogP contribution in [0.25, 0.3) is 0 Å². The van der Waals surface area contributed by atoms with Crippen LogP contribution >= 0.6 is 0 Å². The van der Waals surface area contributed by atoms with Crippen molar-refractivity contribution in [3.63, 3.8) is 0 Å². The Hall–Kier alpha value is -2.54. The second-order valence-electron chi connectivity index (χ2n) is 5.60. The number of aryl methyl sites for hydroxylation is 2. The molecule has 6 nitrogen and oxygen atoms in total. The van der Waals surface area contributed by atoms with E-state index in [4.69, 9.17) is 9.84 Å². The Labute approximate surface area is 140 Å². The average molecular weight is 347 g/mol. The molecule has 7 heteroatoms. The molecule has 0 saturated heterocycles. The van der Waals surface area contributed by atoms with E-state index in [1.54, 1.807) is 6.07 Å². The Morgan fingerprint density at radius 2 is 1.79 bits per heavy atom. The third-order valence-electron chi connectivity index (χ3n) is 3.85. The summed E-state index contributed by atoms with van der Waals surface area (Å²) in [7, 11) is -3.70. The third-order valence-corrected chi connectivity index (χ3v) is 5.24. The van der Waals surface area contributed by atoms with Crippen molar-refractivity contribution in [2.24, 2.45) is 0 Å². The molecule has 0 amide bonds. The predicted octanol–water partition coefficient (Wildman–Crippen LogP) is 2.44. The zero-order valence-corrected chi connectivity index (χ0v) is 13.7. The highest BCUT2D eigenvalue weighted by Crippen LogP contribution is 2.26. The normalized spacial score (nSPS) is 13.3. The molecule has 126 valence electrons. The van der Waals surface area contributed by atoms with Crippen LogP contribution in [0, 0.1) is 0 Å². The molecule has 0 fully saturated rings. The zero-order chi connectivity index (χ0) is 17.2. The fraction of sp³-hybridized carbons (Fsp3) is 0.235. The van der Waals surface area contributed by atoms with E-state index in [1.807, 2.05) is 12.1 Å². The van der Waals surface area contributed by atoms with Crippen LogP contribution in [0.5, 0.6) is 5.75 Å². The number of sulfonamides is 1. The fourth-order valence-electron chi connectivity index (χ4n) is 2.71. The topological polar surface area (TPSA) is 92.7 Å². The average Bonchev–Trinajstić information content (AvgIpc) is 3.00. The van der Waals surface area contributed by atoms with Crippen molar-refractivity contribution in [3.8, 4) is 5.75 Å². The lowest BCUT2D eigenvalue weighted by atomic mass is 10.1. The molecule has 3 rings (SSSR count). The molecule has 2 N–H and O–H groups in total. The van der Waals surface area contributed by atoms with Gasteiger partial charge in [0.1, 0.15) is 5.75 Å². The highest BCUT2D eigenvalue weighted by atomic mass is 32.2. The van der Waals surface area contributed by atoms with E-state index in [0.29, 0.717) is 11.4 Å². The summed E-state index contributed by atoms with van der Waals surface area (Å²) < 4.78 is 32.4. The Balaban J connectivity index is 1.74. The van der Waals surface area contributed by atoms with Gasteiger partial charge in [-0.1, -0.05) is 6.07 Å². The van der Waals surface area contributed by atoms with E-state index in [-0.39, 0.29) is 4.90 Å². The monoisotopic (exact) mass is 347 g/mol. The van der Waals surface area contributed by atoms with Crippen LogP contribution in [0.1, 0.15) is 17.5 Å². The summed E-state index contributed by atoms with van der Waals surface area (Å²) in [5.74, 6) is -0.793. The van der Waals surface area contributed by atoms with Gasteiger partial charge in [-0.25, -0.2) is 13.2 Å². The maximum atomic E-state index is 12.4. The highest BCUT2D eigenvalue weighted by molar-refractivity contribution is 7.92. The standard InChI is InChI=1S/C17H17NO5S/c19-17(20)11-23-15-6-8-16(9-7-15)24(21,22)18-14-5-4-12-2-1-3-13(12)10-14/h4-10,18H,1-3,11H2,(H,19,20). The van der Waals surface area contributed by atoms with E-state index >= 15 is 0 Å². The van der Waals surface area contributed by atoms with Crippen molar-refractivity contribution in [3.05, 3.63) is 53.6 Å². The molecule has 1 aliphatic carbocycles. The molecule has 0 atom stereocenters. The summed E-state index contributed by atoms with van der Waals surface area (Å²) in [5, 5.41) is 8.56. The SMILES string of the molecule is O=C(O)COc1ccc(S(=O)(=O)Nc2ccc3c(c2)CCC3)cc1. The minimum absolute atomic E-state index is 0.0886. The molecule has 1 aliphatic rings. The van der Waals surface area contributed by atoms with Gasteiger partial charge in [-0.3, -0.25) is 4.72 Å². The quantitative estimate of drug-likeness (QED) is 0.837. The smallest absolute Gasteiger partial charge is 0.341 e. The van der Waals surface area contributed by atoms with Gasteiger partial charge in [0.2, 0.25) is 0 Å². The Kier molecular flexibility index (Phi) is 4.44. The summed E-state index contributed by atoms with van der Waals surface area (Å²) in [6, 6.07) is 11.2. The van der Waals surface area contributed by atoms with Crippen molar-refractivity contribution >= 4 is 21.7 Å².